The van der Waals surface area contributed by atoms with Gasteiger partial charge in [0.1, 0.15) is 5.82 Å². The van der Waals surface area contributed by atoms with Crippen molar-refractivity contribution in [2.75, 3.05) is 13.1 Å². The first kappa shape index (κ1) is 16.3. The third-order valence-corrected chi connectivity index (χ3v) is 4.54. The largest absolute Gasteiger partial charge is 0.338 e. The molecule has 3 aromatic rings. The highest BCUT2D eigenvalue weighted by Crippen LogP contribution is 2.23. The third kappa shape index (κ3) is 3.30. The summed E-state index contributed by atoms with van der Waals surface area (Å²) >= 11 is 0. The van der Waals surface area contributed by atoms with Crippen molar-refractivity contribution in [1.29, 1.82) is 0 Å². The van der Waals surface area contributed by atoms with Gasteiger partial charge in [0.25, 0.3) is 5.91 Å². The summed E-state index contributed by atoms with van der Waals surface area (Å²) in [4.78, 5) is 19.9. The average Bonchev–Trinajstić information content (AvgIpc) is 3.19. The summed E-state index contributed by atoms with van der Waals surface area (Å²) in [5.41, 5.74) is 1.37. The molecule has 0 saturated carbocycles. The van der Waals surface area contributed by atoms with Crippen molar-refractivity contribution in [2.45, 2.75) is 18.9 Å². The lowest BCUT2D eigenvalue weighted by Crippen LogP contribution is -2.39. The molecule has 8 heteroatoms. The first-order valence-electron chi connectivity index (χ1n) is 8.45. The number of tetrazole rings is 1. The molecule has 7 nitrogen and oxygen atoms in total. The lowest BCUT2D eigenvalue weighted by Gasteiger charge is -2.31. The number of carbonyl (C=O) groups is 1. The molecule has 3 heterocycles. The molecule has 1 saturated heterocycles. The number of halogens is 1. The maximum atomic E-state index is 13.0. The third-order valence-electron chi connectivity index (χ3n) is 4.54. The van der Waals surface area contributed by atoms with Crippen molar-refractivity contribution >= 4 is 5.91 Å². The Morgan fingerprint density at radius 2 is 1.73 bits per heavy atom. The van der Waals surface area contributed by atoms with E-state index in [4.69, 9.17) is 0 Å². The molecule has 2 aromatic heterocycles. The van der Waals surface area contributed by atoms with Crippen LogP contribution in [0.5, 0.6) is 0 Å². The molecule has 0 radical (unpaired) electrons. The van der Waals surface area contributed by atoms with E-state index in [0.717, 1.165) is 18.4 Å². The molecule has 1 fully saturated rings. The number of hydrogen-bond donors (Lipinski definition) is 0. The molecule has 1 aliphatic heterocycles. The van der Waals surface area contributed by atoms with Gasteiger partial charge in [-0.2, -0.15) is 4.80 Å². The van der Waals surface area contributed by atoms with Crippen LogP contribution < -0.4 is 0 Å². The zero-order valence-corrected chi connectivity index (χ0v) is 14.0. The van der Waals surface area contributed by atoms with E-state index >= 15 is 0 Å². The predicted molar refractivity (Wildman–Crippen MR) is 91.6 cm³/mol. The zero-order valence-electron chi connectivity index (χ0n) is 14.0. The summed E-state index contributed by atoms with van der Waals surface area (Å²) in [6, 6.07) is 9.56. The number of benzene rings is 1. The van der Waals surface area contributed by atoms with Crippen molar-refractivity contribution < 1.29 is 9.18 Å². The highest BCUT2D eigenvalue weighted by atomic mass is 19.1. The fourth-order valence-corrected chi connectivity index (χ4v) is 3.07. The minimum Gasteiger partial charge on any atom is -0.338 e. The summed E-state index contributed by atoms with van der Waals surface area (Å²) in [5.74, 6) is 0.192. The Bertz CT molecular complexity index is 888. The van der Waals surface area contributed by atoms with E-state index in [9.17, 15) is 9.18 Å². The Kier molecular flexibility index (Phi) is 4.39. The van der Waals surface area contributed by atoms with Crippen molar-refractivity contribution in [3.05, 3.63) is 60.2 Å². The van der Waals surface area contributed by atoms with Gasteiger partial charge in [-0.1, -0.05) is 0 Å². The summed E-state index contributed by atoms with van der Waals surface area (Å²) in [6.07, 6.45) is 4.76. The smallest absolute Gasteiger partial charge is 0.253 e. The van der Waals surface area contributed by atoms with Gasteiger partial charge in [-0.05, 0) is 54.5 Å². The lowest BCUT2D eigenvalue weighted by molar-refractivity contribution is 0.0683. The van der Waals surface area contributed by atoms with Crippen LogP contribution in [-0.4, -0.2) is 49.1 Å². The second kappa shape index (κ2) is 6.99. The molecule has 132 valence electrons. The van der Waals surface area contributed by atoms with Crippen LogP contribution >= 0.6 is 0 Å². The fourth-order valence-electron chi connectivity index (χ4n) is 3.07. The number of hydrogen-bond acceptors (Lipinski definition) is 5. The van der Waals surface area contributed by atoms with Gasteiger partial charge in [-0.3, -0.25) is 9.78 Å². The highest BCUT2D eigenvalue weighted by Gasteiger charge is 2.26. The molecule has 0 N–H and O–H groups in total. The van der Waals surface area contributed by atoms with E-state index in [1.54, 1.807) is 41.5 Å². The van der Waals surface area contributed by atoms with E-state index in [-0.39, 0.29) is 17.8 Å². The Balaban J connectivity index is 1.41. The second-order valence-corrected chi connectivity index (χ2v) is 6.20. The van der Waals surface area contributed by atoms with Gasteiger partial charge < -0.3 is 4.90 Å². The molecular formula is C18H17FN6O. The van der Waals surface area contributed by atoms with E-state index in [2.05, 4.69) is 20.4 Å². The number of nitrogens with zero attached hydrogens (tertiary/aromatic N) is 6. The molecule has 0 aliphatic carbocycles. The highest BCUT2D eigenvalue weighted by molar-refractivity contribution is 5.94. The fraction of sp³-hybridized carbons (Fsp3) is 0.278. The molecule has 1 aliphatic rings. The lowest BCUT2D eigenvalue weighted by atomic mass is 10.0. The van der Waals surface area contributed by atoms with Crippen LogP contribution in [0.4, 0.5) is 4.39 Å². The number of piperidine rings is 1. The molecule has 0 atom stereocenters. The van der Waals surface area contributed by atoms with Gasteiger partial charge in [-0.15, -0.1) is 10.2 Å². The molecule has 4 rings (SSSR count). The average molecular weight is 352 g/mol. The van der Waals surface area contributed by atoms with Crippen molar-refractivity contribution in [1.82, 2.24) is 30.1 Å². The number of pyridine rings is 1. The Morgan fingerprint density at radius 1 is 1.04 bits per heavy atom. The second-order valence-electron chi connectivity index (χ2n) is 6.20. The van der Waals surface area contributed by atoms with E-state index in [1.165, 1.54) is 12.1 Å². The molecule has 1 amide bonds. The minimum absolute atomic E-state index is 0.0180. The van der Waals surface area contributed by atoms with E-state index < -0.39 is 0 Å². The van der Waals surface area contributed by atoms with E-state index in [0.29, 0.717) is 24.5 Å². The number of carbonyl (C=O) groups excluding carboxylic acids is 1. The number of aromatic nitrogens is 5. The van der Waals surface area contributed by atoms with Gasteiger partial charge in [0.05, 0.1) is 6.04 Å². The van der Waals surface area contributed by atoms with Crippen LogP contribution in [0, 0.1) is 5.82 Å². The van der Waals surface area contributed by atoms with Crippen LogP contribution in [0.25, 0.3) is 11.4 Å². The monoisotopic (exact) mass is 352 g/mol. The topological polar surface area (TPSA) is 76.8 Å². The van der Waals surface area contributed by atoms with Crippen LogP contribution in [0.15, 0.2) is 48.8 Å². The molecule has 0 unspecified atom stereocenters. The molecule has 1 aromatic carbocycles. The SMILES string of the molecule is O=C(c1ccncc1)N1CCC(n2nnc(-c3ccc(F)cc3)n2)CC1. The zero-order chi connectivity index (χ0) is 17.9. The number of rotatable bonds is 3. The Morgan fingerprint density at radius 3 is 2.42 bits per heavy atom. The van der Waals surface area contributed by atoms with Gasteiger partial charge in [0.15, 0.2) is 0 Å². The first-order chi connectivity index (χ1) is 12.7. The van der Waals surface area contributed by atoms with Crippen molar-refractivity contribution in [3.63, 3.8) is 0 Å². The Hall–Kier alpha value is -3.16. The standard InChI is InChI=1S/C18H17FN6O/c19-15-3-1-13(2-4-15)17-21-23-25(22-17)16-7-11-24(12-8-16)18(26)14-5-9-20-10-6-14/h1-6,9-10,16H,7-8,11-12H2. The molecule has 0 bridgehead atoms. The van der Waals surface area contributed by atoms with Gasteiger partial charge in [0.2, 0.25) is 5.82 Å². The van der Waals surface area contributed by atoms with Crippen LogP contribution in [0.1, 0.15) is 29.2 Å². The number of likely N-dealkylation sites (tertiary alicyclic amines) is 1. The normalized spacial score (nSPS) is 15.2. The van der Waals surface area contributed by atoms with Gasteiger partial charge in [0, 0.05) is 36.6 Å². The summed E-state index contributed by atoms with van der Waals surface area (Å²) in [7, 11) is 0. The van der Waals surface area contributed by atoms with E-state index in [1.807, 2.05) is 4.90 Å². The van der Waals surface area contributed by atoms with Crippen LogP contribution in [-0.2, 0) is 0 Å². The summed E-state index contributed by atoms with van der Waals surface area (Å²) in [6.45, 7) is 1.28. The maximum Gasteiger partial charge on any atom is 0.253 e. The van der Waals surface area contributed by atoms with Crippen molar-refractivity contribution in [3.8, 4) is 11.4 Å². The molecule has 0 spiro atoms. The maximum absolute atomic E-state index is 13.0. The van der Waals surface area contributed by atoms with Gasteiger partial charge in [-0.25, -0.2) is 4.39 Å². The Labute approximate surface area is 149 Å². The van der Waals surface area contributed by atoms with Crippen LogP contribution in [0.2, 0.25) is 0 Å². The predicted octanol–water partition coefficient (Wildman–Crippen LogP) is 2.35. The minimum atomic E-state index is -0.299. The first-order valence-corrected chi connectivity index (χ1v) is 8.45. The quantitative estimate of drug-likeness (QED) is 0.723. The van der Waals surface area contributed by atoms with Gasteiger partial charge >= 0.3 is 0 Å². The summed E-state index contributed by atoms with van der Waals surface area (Å²) in [5, 5.41) is 12.6. The molecule has 26 heavy (non-hydrogen) atoms. The molecular weight excluding hydrogens is 335 g/mol. The summed E-state index contributed by atoms with van der Waals surface area (Å²) < 4.78 is 13.0. The number of amides is 1. The van der Waals surface area contributed by atoms with Crippen LogP contribution in [0.3, 0.4) is 0 Å². The van der Waals surface area contributed by atoms with Crippen molar-refractivity contribution in [2.24, 2.45) is 0 Å².